The summed E-state index contributed by atoms with van der Waals surface area (Å²) in [6, 6.07) is 7.50. The first-order valence-electron chi connectivity index (χ1n) is 9.74. The lowest BCUT2D eigenvalue weighted by molar-refractivity contribution is -0.0771. The van der Waals surface area contributed by atoms with Gasteiger partial charge >= 0.3 is 0 Å². The fraction of sp³-hybridized carbons (Fsp3) is 0.400. The molecule has 0 saturated carbocycles. The minimum atomic E-state index is -0.230. The van der Waals surface area contributed by atoms with Crippen molar-refractivity contribution < 1.29 is 14.1 Å². The SMILES string of the molecule is Cl.O=C(NCc1nc(-c2ccccn2)no1)c1cc2c(s1)C1(CCNCC1)OCC2. The van der Waals surface area contributed by atoms with Crippen LogP contribution in [0.15, 0.2) is 35.0 Å². The zero-order valence-corrected chi connectivity index (χ0v) is 17.9. The van der Waals surface area contributed by atoms with E-state index in [0.717, 1.165) is 32.4 Å². The van der Waals surface area contributed by atoms with E-state index in [2.05, 4.69) is 25.8 Å². The number of nitrogens with zero attached hydrogens (tertiary/aromatic N) is 3. The van der Waals surface area contributed by atoms with Crippen LogP contribution in [-0.2, 0) is 23.3 Å². The van der Waals surface area contributed by atoms with Gasteiger partial charge < -0.3 is 19.9 Å². The average molecular weight is 448 g/mol. The molecule has 158 valence electrons. The Morgan fingerprint density at radius 2 is 2.17 bits per heavy atom. The zero-order valence-electron chi connectivity index (χ0n) is 16.2. The molecule has 1 saturated heterocycles. The van der Waals surface area contributed by atoms with E-state index in [1.807, 2.05) is 24.3 Å². The Labute approximate surface area is 183 Å². The van der Waals surface area contributed by atoms with Gasteiger partial charge in [-0.3, -0.25) is 9.78 Å². The minimum absolute atomic E-state index is 0. The minimum Gasteiger partial charge on any atom is -0.369 e. The summed E-state index contributed by atoms with van der Waals surface area (Å²) in [5, 5.41) is 10.2. The summed E-state index contributed by atoms with van der Waals surface area (Å²) < 4.78 is 11.4. The van der Waals surface area contributed by atoms with Crippen LogP contribution in [0.25, 0.3) is 11.5 Å². The lowest BCUT2D eigenvalue weighted by Gasteiger charge is -2.40. The second-order valence-corrected chi connectivity index (χ2v) is 8.27. The molecular weight excluding hydrogens is 426 g/mol. The highest BCUT2D eigenvalue weighted by atomic mass is 35.5. The van der Waals surface area contributed by atoms with Crippen molar-refractivity contribution in [1.82, 2.24) is 25.8 Å². The van der Waals surface area contributed by atoms with Crippen LogP contribution in [0.3, 0.4) is 0 Å². The smallest absolute Gasteiger partial charge is 0.261 e. The summed E-state index contributed by atoms with van der Waals surface area (Å²) in [4.78, 5) is 23.1. The highest BCUT2D eigenvalue weighted by Gasteiger charge is 2.41. The maximum Gasteiger partial charge on any atom is 0.261 e. The van der Waals surface area contributed by atoms with Crippen molar-refractivity contribution in [2.75, 3.05) is 19.7 Å². The molecular formula is C20H22ClN5O3S. The Kier molecular flexibility index (Phi) is 6.14. The van der Waals surface area contributed by atoms with Gasteiger partial charge in [0.2, 0.25) is 11.7 Å². The van der Waals surface area contributed by atoms with Crippen LogP contribution in [0.4, 0.5) is 0 Å². The van der Waals surface area contributed by atoms with Crippen LogP contribution in [-0.4, -0.2) is 40.7 Å². The van der Waals surface area contributed by atoms with Gasteiger partial charge in [0, 0.05) is 11.1 Å². The molecule has 30 heavy (non-hydrogen) atoms. The Morgan fingerprint density at radius 3 is 2.97 bits per heavy atom. The summed E-state index contributed by atoms with van der Waals surface area (Å²) in [7, 11) is 0. The first-order valence-corrected chi connectivity index (χ1v) is 10.6. The molecule has 1 amide bonds. The van der Waals surface area contributed by atoms with Crippen LogP contribution < -0.4 is 10.6 Å². The van der Waals surface area contributed by atoms with Crippen molar-refractivity contribution in [2.45, 2.75) is 31.4 Å². The van der Waals surface area contributed by atoms with Crippen molar-refractivity contribution in [3.05, 3.63) is 51.7 Å². The van der Waals surface area contributed by atoms with Crippen LogP contribution in [0.5, 0.6) is 0 Å². The summed E-state index contributed by atoms with van der Waals surface area (Å²) in [5.74, 6) is 0.621. The molecule has 0 unspecified atom stereocenters. The molecule has 0 atom stereocenters. The van der Waals surface area contributed by atoms with E-state index in [9.17, 15) is 4.79 Å². The second-order valence-electron chi connectivity index (χ2n) is 7.22. The number of carbonyl (C=O) groups is 1. The molecule has 3 aromatic rings. The molecule has 10 heteroatoms. The number of ether oxygens (including phenoxy) is 1. The van der Waals surface area contributed by atoms with Gasteiger partial charge in [-0.15, -0.1) is 23.7 Å². The third kappa shape index (κ3) is 3.98. The molecule has 0 bridgehead atoms. The van der Waals surface area contributed by atoms with E-state index < -0.39 is 0 Å². The van der Waals surface area contributed by atoms with Crippen LogP contribution in [0.2, 0.25) is 0 Å². The normalized spacial score (nSPS) is 17.2. The topological polar surface area (TPSA) is 102 Å². The lowest BCUT2D eigenvalue weighted by atomic mass is 9.86. The number of carbonyl (C=O) groups excluding carboxylic acids is 1. The van der Waals surface area contributed by atoms with Crippen molar-refractivity contribution in [3.63, 3.8) is 0 Å². The van der Waals surface area contributed by atoms with Crippen molar-refractivity contribution in [2.24, 2.45) is 0 Å². The maximum atomic E-state index is 12.7. The Morgan fingerprint density at radius 1 is 1.30 bits per heavy atom. The fourth-order valence-corrected chi connectivity index (χ4v) is 5.23. The lowest BCUT2D eigenvalue weighted by Crippen LogP contribution is -2.43. The number of pyridine rings is 1. The number of aromatic nitrogens is 3. The predicted molar refractivity (Wildman–Crippen MR) is 114 cm³/mol. The van der Waals surface area contributed by atoms with Crippen LogP contribution >= 0.6 is 23.7 Å². The molecule has 1 fully saturated rings. The number of nitrogens with one attached hydrogen (secondary N) is 2. The molecule has 0 aromatic carbocycles. The van der Waals surface area contributed by atoms with Crippen molar-refractivity contribution in [1.29, 1.82) is 0 Å². The zero-order chi connectivity index (χ0) is 19.7. The first kappa shape index (κ1) is 20.9. The van der Waals surface area contributed by atoms with Crippen LogP contribution in [0, 0.1) is 0 Å². The van der Waals surface area contributed by atoms with E-state index in [0.29, 0.717) is 28.9 Å². The van der Waals surface area contributed by atoms with Crippen molar-refractivity contribution in [3.8, 4) is 11.5 Å². The maximum absolute atomic E-state index is 12.7. The third-order valence-electron chi connectivity index (χ3n) is 5.37. The largest absolute Gasteiger partial charge is 0.369 e. The van der Waals surface area contributed by atoms with Gasteiger partial charge in [-0.2, -0.15) is 4.98 Å². The summed E-state index contributed by atoms with van der Waals surface area (Å²) >= 11 is 1.54. The van der Waals surface area contributed by atoms with Gasteiger partial charge in [-0.25, -0.2) is 0 Å². The van der Waals surface area contributed by atoms with Gasteiger partial charge in [0.05, 0.1) is 18.0 Å². The summed E-state index contributed by atoms with van der Waals surface area (Å²) in [5.41, 5.74) is 1.64. The van der Waals surface area contributed by atoms with E-state index >= 15 is 0 Å². The van der Waals surface area contributed by atoms with Gasteiger partial charge in [-0.1, -0.05) is 11.2 Å². The number of hydrogen-bond acceptors (Lipinski definition) is 8. The fourth-order valence-electron chi connectivity index (χ4n) is 3.90. The first-order chi connectivity index (χ1) is 14.2. The summed E-state index contributed by atoms with van der Waals surface area (Å²) in [6.07, 6.45) is 4.41. The Hall–Kier alpha value is -2.33. The number of thiophene rings is 1. The molecule has 3 aromatic heterocycles. The van der Waals surface area contributed by atoms with Crippen LogP contribution in [0.1, 0.15) is 38.8 Å². The van der Waals surface area contributed by atoms with Gasteiger partial charge in [-0.05, 0) is 56.1 Å². The molecule has 2 aliphatic heterocycles. The van der Waals surface area contributed by atoms with Gasteiger partial charge in [0.25, 0.3) is 5.91 Å². The molecule has 5 heterocycles. The number of halogens is 1. The van der Waals surface area contributed by atoms with E-state index in [1.54, 1.807) is 17.5 Å². The van der Waals surface area contributed by atoms with Crippen molar-refractivity contribution >= 4 is 29.7 Å². The highest BCUT2D eigenvalue weighted by molar-refractivity contribution is 7.14. The highest BCUT2D eigenvalue weighted by Crippen LogP contribution is 2.44. The Balaban J connectivity index is 0.00000218. The van der Waals surface area contributed by atoms with E-state index in [-0.39, 0.29) is 30.5 Å². The molecule has 5 rings (SSSR count). The van der Waals surface area contributed by atoms with Gasteiger partial charge in [0.15, 0.2) is 0 Å². The third-order valence-corrected chi connectivity index (χ3v) is 6.73. The standard InChI is InChI=1S/C20H21N5O3S.ClH/c26-19(23-12-16-24-18(25-28-16)14-3-1-2-7-22-14)15-11-13-4-10-27-20(17(13)29-15)5-8-21-9-6-20;/h1-3,7,11,21H,4-6,8-10,12H2,(H,23,26);1H. The molecule has 8 nitrogen and oxygen atoms in total. The summed E-state index contributed by atoms with van der Waals surface area (Å²) in [6.45, 7) is 2.76. The quantitative estimate of drug-likeness (QED) is 0.633. The molecule has 2 aliphatic rings. The monoisotopic (exact) mass is 447 g/mol. The number of rotatable bonds is 4. The molecule has 0 radical (unpaired) electrons. The average Bonchev–Trinajstić information content (AvgIpc) is 3.42. The van der Waals surface area contributed by atoms with E-state index in [1.165, 1.54) is 10.4 Å². The Bertz CT molecular complexity index is 1020. The number of piperidine rings is 1. The predicted octanol–water partition coefficient (Wildman–Crippen LogP) is 2.70. The molecule has 1 spiro atoms. The van der Waals surface area contributed by atoms with Gasteiger partial charge in [0.1, 0.15) is 11.3 Å². The second kappa shape index (κ2) is 8.81. The number of hydrogen-bond donors (Lipinski definition) is 2. The molecule has 2 N–H and O–H groups in total. The number of amides is 1. The molecule has 0 aliphatic carbocycles. The van der Waals surface area contributed by atoms with E-state index in [4.69, 9.17) is 9.26 Å². The number of fused-ring (bicyclic) bond motifs is 2.